The van der Waals surface area contributed by atoms with E-state index in [2.05, 4.69) is 207 Å². The van der Waals surface area contributed by atoms with Crippen LogP contribution in [0.3, 0.4) is 0 Å². The third-order valence-electron chi connectivity index (χ3n) is 19.5. The number of aromatic nitrogens is 5. The van der Waals surface area contributed by atoms with Gasteiger partial charge in [-0.2, -0.15) is 5.26 Å². The van der Waals surface area contributed by atoms with E-state index in [0.717, 1.165) is 144 Å². The van der Waals surface area contributed by atoms with Gasteiger partial charge in [-0.25, -0.2) is 8.78 Å². The van der Waals surface area contributed by atoms with Crippen LogP contribution in [0.5, 0.6) is 0 Å². The summed E-state index contributed by atoms with van der Waals surface area (Å²) in [5, 5.41) is 20.6. The summed E-state index contributed by atoms with van der Waals surface area (Å²) in [7, 11) is 0. The van der Waals surface area contributed by atoms with Gasteiger partial charge in [0.1, 0.15) is 0 Å². The van der Waals surface area contributed by atoms with Crippen LogP contribution in [0.4, 0.5) is 13.2 Å². The van der Waals surface area contributed by atoms with Crippen molar-refractivity contribution in [1.82, 2.24) is 24.9 Å². The van der Waals surface area contributed by atoms with Crippen molar-refractivity contribution in [3.8, 4) is 62.4 Å². The topological polar surface area (TPSA) is 88.2 Å². The predicted octanol–water partition coefficient (Wildman–Crippen LogP) is 23.2. The number of aryl methyl sites for hydroxylation is 6. The number of fused-ring (bicyclic) bond motifs is 7. The number of nitriles is 1. The number of rotatable bonds is 8. The Morgan fingerprint density at radius 3 is 1.22 bits per heavy atom. The molecule has 10 aromatic carbocycles. The van der Waals surface area contributed by atoms with E-state index in [1.165, 1.54) is 62.5 Å². The molecule has 15 aromatic rings. The summed E-state index contributed by atoms with van der Waals surface area (Å²) in [5.41, 5.74) is 19.6. The molecular formula is C93H76F3Ir5N6-5. The smallest absolute Gasteiger partial charge is 0.0789 e. The Labute approximate surface area is 693 Å². The predicted molar refractivity (Wildman–Crippen MR) is 411 cm³/mol. The Morgan fingerprint density at radius 1 is 0.364 bits per heavy atom. The van der Waals surface area contributed by atoms with Crippen molar-refractivity contribution in [2.75, 3.05) is 0 Å². The van der Waals surface area contributed by atoms with Gasteiger partial charge in [-0.05, 0) is 172 Å². The zero-order valence-corrected chi connectivity index (χ0v) is 72.8. The normalized spacial score (nSPS) is 11.9. The fourth-order valence-electron chi connectivity index (χ4n) is 14.1. The molecule has 6 nitrogen and oxygen atoms in total. The van der Waals surface area contributed by atoms with E-state index in [4.69, 9.17) is 25.2 Å². The van der Waals surface area contributed by atoms with E-state index in [-0.39, 0.29) is 129 Å². The molecule has 0 spiro atoms. The first-order valence-corrected chi connectivity index (χ1v) is 35.0. The van der Waals surface area contributed by atoms with Gasteiger partial charge in [0.25, 0.3) is 0 Å². The Balaban J connectivity index is 0.000000167. The second-order valence-electron chi connectivity index (χ2n) is 26.7. The Bertz CT molecular complexity index is 5760. The van der Waals surface area contributed by atoms with E-state index in [0.29, 0.717) is 22.3 Å². The van der Waals surface area contributed by atoms with Crippen molar-refractivity contribution in [1.29, 1.82) is 5.26 Å². The summed E-state index contributed by atoms with van der Waals surface area (Å²) >= 11 is 0. The van der Waals surface area contributed by atoms with Crippen molar-refractivity contribution in [3.05, 3.63) is 328 Å². The van der Waals surface area contributed by atoms with Crippen molar-refractivity contribution >= 4 is 53.9 Å². The Hall–Kier alpha value is -8.22. The van der Waals surface area contributed by atoms with Crippen molar-refractivity contribution in [2.45, 2.75) is 112 Å². The van der Waals surface area contributed by atoms with Gasteiger partial charge < -0.3 is 24.9 Å². The maximum Gasteiger partial charge on any atom is 0.0789 e. The summed E-state index contributed by atoms with van der Waals surface area (Å²) in [6.07, 6.45) is 4.43. The molecule has 2 aliphatic rings. The van der Waals surface area contributed by atoms with E-state index in [1.807, 2.05) is 66.7 Å². The maximum atomic E-state index is 14.6. The molecule has 0 saturated carbocycles. The van der Waals surface area contributed by atoms with Crippen LogP contribution >= 0.6 is 0 Å². The first kappa shape index (κ1) is 84.4. The van der Waals surface area contributed by atoms with Gasteiger partial charge in [-0.3, -0.25) is 4.39 Å². The molecule has 107 heavy (non-hydrogen) atoms. The molecule has 0 saturated heterocycles. The van der Waals surface area contributed by atoms with Crippen LogP contribution in [0.15, 0.2) is 218 Å². The van der Waals surface area contributed by atoms with Crippen LogP contribution in [-0.4, -0.2) is 24.9 Å². The first-order chi connectivity index (χ1) is 49.4. The minimum absolute atomic E-state index is 0. The molecule has 17 rings (SSSR count). The van der Waals surface area contributed by atoms with Crippen LogP contribution in [0.25, 0.3) is 110 Å². The summed E-state index contributed by atoms with van der Waals surface area (Å²) in [4.78, 5) is 23.8. The number of benzene rings is 10. The van der Waals surface area contributed by atoms with Gasteiger partial charge in [0.15, 0.2) is 0 Å². The second-order valence-corrected chi connectivity index (χ2v) is 26.7. The second kappa shape index (κ2) is 36.8. The van der Waals surface area contributed by atoms with Gasteiger partial charge >= 0.3 is 0 Å². The van der Waals surface area contributed by atoms with E-state index >= 15 is 0 Å². The van der Waals surface area contributed by atoms with Crippen LogP contribution in [0, 0.1) is 66.0 Å². The van der Waals surface area contributed by atoms with Gasteiger partial charge in [0, 0.05) is 146 Å². The molecule has 0 amide bonds. The van der Waals surface area contributed by atoms with Gasteiger partial charge in [0.05, 0.1) is 6.07 Å². The number of pyridine rings is 5. The third-order valence-corrected chi connectivity index (χ3v) is 19.5. The largest absolute Gasteiger partial charge is 0.301 e. The summed E-state index contributed by atoms with van der Waals surface area (Å²) in [6.45, 7) is 21.0. The zero-order chi connectivity index (χ0) is 71.4. The van der Waals surface area contributed by atoms with Gasteiger partial charge in [-0.15, -0.1) is 143 Å². The third kappa shape index (κ3) is 17.4. The number of hydrogen-bond acceptors (Lipinski definition) is 6. The molecule has 14 heteroatoms. The molecule has 5 aromatic heterocycles. The Morgan fingerprint density at radius 2 is 0.757 bits per heavy atom. The fraction of sp³-hybridized carbons (Fsp3) is 0.183. The molecule has 549 valence electrons. The number of hydrogen-bond donors (Lipinski definition) is 0. The average Bonchev–Trinajstić information content (AvgIpc) is 0.719. The molecule has 5 heterocycles. The van der Waals surface area contributed by atoms with Gasteiger partial charge in [0.2, 0.25) is 0 Å². The quantitative estimate of drug-likeness (QED) is 0.141. The van der Waals surface area contributed by atoms with Gasteiger partial charge in [-0.1, -0.05) is 190 Å². The SMILES string of the molecule is CCc1cc2cccc3c2c(n1)-c1[c-]ccc(F)c1C3(C)C.CCc1cc2cccc3c2c(n1)-c1[c-]cccc1C3(C)C.CCc1cc2ccccc2c(-c2[c-]cc(F)c(C)c2)n1.CCc1cc2ccccc2c(-c2[c-]ccc(C#N)c2)n1.CCc1cc2ccccc2c(-c2[c-]ccc(F)c2)n1.[Ir].[Ir].[Ir].[Ir].[Ir]. The maximum absolute atomic E-state index is 14.6. The molecule has 0 aliphatic heterocycles. The molecule has 2 aliphatic carbocycles. The van der Waals surface area contributed by atoms with Crippen LogP contribution in [0.2, 0.25) is 0 Å². The fourth-order valence-corrected chi connectivity index (χ4v) is 14.1. The summed E-state index contributed by atoms with van der Waals surface area (Å²) in [5.74, 6) is -0.670. The molecule has 5 radical (unpaired) electrons. The van der Waals surface area contributed by atoms with Crippen molar-refractivity contribution in [2.24, 2.45) is 0 Å². The molecule has 0 unspecified atom stereocenters. The molecule has 0 bridgehead atoms. The number of halogens is 3. The van der Waals surface area contributed by atoms with Crippen LogP contribution in [0.1, 0.15) is 124 Å². The molecule has 0 atom stereocenters. The van der Waals surface area contributed by atoms with Crippen LogP contribution in [-0.2, 0) is 143 Å². The van der Waals surface area contributed by atoms with E-state index in [9.17, 15) is 13.2 Å². The van der Waals surface area contributed by atoms with E-state index < -0.39 is 0 Å². The van der Waals surface area contributed by atoms with Crippen molar-refractivity contribution in [3.63, 3.8) is 0 Å². The standard InChI is InChI=1S/C20H17FN.C20H18N.C18H15FN.C18H13N2.C17H13FN.5Ir/c1-4-13-11-12-7-5-9-15-17(12)19(22-13)14-8-6-10-16(21)18(14)20(15,2)3;1-4-14-12-13-8-7-11-17-18(13)19(21-14)15-9-5-6-10-16(15)20(17,2)3;1-3-15-11-13-6-4-5-7-16(13)18(20-15)14-8-9-17(19)12(2)10-14;1-2-16-11-14-7-3-4-9-17(14)18(20-16)15-8-5-6-13(10-15)12-19;1-2-15-11-12-6-3-4-9-16(12)17(19-15)13-7-5-8-14(18)10-13;;;;;/h5-7,9-11H,4H2,1-3H3;5-8,10-12H,4H2,1-3H3;4-7,9-11H,3H2,1-2H3;3-7,9-11H,2H2,1H3;3-6,8-11H,2H2,1H3;;;;;/q5*-1;;;;;. The van der Waals surface area contributed by atoms with Crippen molar-refractivity contribution < 1.29 is 114 Å². The summed E-state index contributed by atoms with van der Waals surface area (Å²) in [6, 6.07) is 88.5. The minimum Gasteiger partial charge on any atom is -0.301 e. The molecular weight excluding hydrogens is 2220 g/mol. The minimum atomic E-state index is -0.390. The summed E-state index contributed by atoms with van der Waals surface area (Å²) < 4.78 is 41.4. The van der Waals surface area contributed by atoms with E-state index in [1.54, 1.807) is 31.2 Å². The number of nitrogens with zero attached hydrogens (tertiary/aromatic N) is 6. The average molecular weight is 2300 g/mol. The Kier molecular flexibility index (Phi) is 29.0. The monoisotopic (exact) mass is 2300 g/mol. The molecule has 0 N–H and O–H groups in total. The first-order valence-electron chi connectivity index (χ1n) is 35.0. The molecule has 0 fully saturated rings. The van der Waals surface area contributed by atoms with Crippen LogP contribution < -0.4 is 0 Å². The zero-order valence-electron chi connectivity index (χ0n) is 60.8.